The topological polar surface area (TPSA) is 12.4 Å². The van der Waals surface area contributed by atoms with Crippen LogP contribution in [0.2, 0.25) is 0 Å². The minimum atomic E-state index is 0.382. The fourth-order valence-electron chi connectivity index (χ4n) is 2.01. The van der Waals surface area contributed by atoms with Gasteiger partial charge in [-0.3, -0.25) is 4.99 Å². The van der Waals surface area contributed by atoms with E-state index in [0.717, 1.165) is 6.42 Å². The number of benzene rings is 1. The van der Waals surface area contributed by atoms with Gasteiger partial charge >= 0.3 is 0 Å². The smallest absolute Gasteiger partial charge is 0.0512 e. The zero-order chi connectivity index (χ0) is 10.1. The van der Waals surface area contributed by atoms with Gasteiger partial charge in [0, 0.05) is 11.8 Å². The maximum Gasteiger partial charge on any atom is 0.0512 e. The second-order valence-electron chi connectivity index (χ2n) is 3.96. The molecule has 0 saturated heterocycles. The first-order valence-electron chi connectivity index (χ1n) is 5.00. The molecule has 0 N–H and O–H groups in total. The molecule has 1 nitrogen and oxygen atoms in total. The van der Waals surface area contributed by atoms with Crippen LogP contribution in [0.1, 0.15) is 29.2 Å². The van der Waals surface area contributed by atoms with E-state index in [9.17, 15) is 0 Å². The summed E-state index contributed by atoms with van der Waals surface area (Å²) in [5.41, 5.74) is 5.14. The molecule has 0 spiro atoms. The maximum absolute atomic E-state index is 4.48. The number of rotatable bonds is 1. The van der Waals surface area contributed by atoms with Crippen LogP contribution < -0.4 is 0 Å². The fourth-order valence-corrected chi connectivity index (χ4v) is 2.01. The first kappa shape index (κ1) is 9.20. The molecule has 1 aromatic carbocycles. The van der Waals surface area contributed by atoms with E-state index in [-0.39, 0.29) is 0 Å². The summed E-state index contributed by atoms with van der Waals surface area (Å²) in [7, 11) is 0. The lowest BCUT2D eigenvalue weighted by atomic mass is 9.96. The first-order chi connectivity index (χ1) is 6.70. The molecule has 72 valence electrons. The Labute approximate surface area is 85.2 Å². The van der Waals surface area contributed by atoms with Gasteiger partial charge in [0.2, 0.25) is 0 Å². The van der Waals surface area contributed by atoms with Crippen molar-refractivity contribution in [1.82, 2.24) is 0 Å². The molecule has 1 aliphatic heterocycles. The highest BCUT2D eigenvalue weighted by atomic mass is 14.8. The summed E-state index contributed by atoms with van der Waals surface area (Å²) < 4.78 is 0. The van der Waals surface area contributed by atoms with Crippen molar-refractivity contribution in [1.29, 1.82) is 0 Å². The minimum Gasteiger partial charge on any atom is -0.289 e. The van der Waals surface area contributed by atoms with Crippen molar-refractivity contribution in [2.45, 2.75) is 26.3 Å². The van der Waals surface area contributed by atoms with Gasteiger partial charge in [0.25, 0.3) is 0 Å². The van der Waals surface area contributed by atoms with Gasteiger partial charge < -0.3 is 0 Å². The van der Waals surface area contributed by atoms with Crippen molar-refractivity contribution in [2.24, 2.45) is 4.99 Å². The van der Waals surface area contributed by atoms with Crippen molar-refractivity contribution >= 4 is 12.3 Å². The summed E-state index contributed by atoms with van der Waals surface area (Å²) in [5.74, 6) is 0. The molecule has 14 heavy (non-hydrogen) atoms. The van der Waals surface area contributed by atoms with Crippen LogP contribution in [-0.4, -0.2) is 12.3 Å². The largest absolute Gasteiger partial charge is 0.289 e. The average Bonchev–Trinajstić information content (AvgIpc) is 2.22. The van der Waals surface area contributed by atoms with Crippen LogP contribution in [-0.2, 0) is 6.42 Å². The molecule has 0 aromatic heterocycles. The summed E-state index contributed by atoms with van der Waals surface area (Å²) in [5, 5.41) is 0. The third-order valence-corrected chi connectivity index (χ3v) is 2.63. The van der Waals surface area contributed by atoms with Gasteiger partial charge in [-0.25, -0.2) is 0 Å². The zero-order valence-corrected chi connectivity index (χ0v) is 8.75. The molecule has 1 heteroatoms. The van der Waals surface area contributed by atoms with Gasteiger partial charge in [-0.15, -0.1) is 0 Å². The zero-order valence-electron chi connectivity index (χ0n) is 8.75. The van der Waals surface area contributed by atoms with Gasteiger partial charge in [-0.2, -0.15) is 0 Å². The van der Waals surface area contributed by atoms with E-state index in [1.807, 2.05) is 12.3 Å². The molecule has 1 atom stereocenters. The van der Waals surface area contributed by atoms with E-state index in [0.29, 0.717) is 6.04 Å². The molecule has 0 saturated carbocycles. The van der Waals surface area contributed by atoms with Crippen LogP contribution >= 0.6 is 0 Å². The summed E-state index contributed by atoms with van der Waals surface area (Å²) >= 11 is 0. The lowest BCUT2D eigenvalue weighted by molar-refractivity contribution is 0.747. The summed E-state index contributed by atoms with van der Waals surface area (Å²) in [6, 6.07) is 4.79. The summed E-state index contributed by atoms with van der Waals surface area (Å²) in [6.07, 6.45) is 4.94. The second kappa shape index (κ2) is 3.41. The Hall–Kier alpha value is -1.37. The van der Waals surface area contributed by atoms with Gasteiger partial charge in [0.15, 0.2) is 0 Å². The number of aryl methyl sites for hydroxylation is 1. The Balaban J connectivity index is 2.66. The third-order valence-electron chi connectivity index (χ3n) is 2.63. The lowest BCUT2D eigenvalue weighted by Gasteiger charge is -2.08. The summed E-state index contributed by atoms with van der Waals surface area (Å²) in [6.45, 7) is 8.15. The first-order valence-corrected chi connectivity index (χ1v) is 5.00. The van der Waals surface area contributed by atoms with E-state index in [2.05, 4.69) is 37.6 Å². The van der Waals surface area contributed by atoms with Crippen molar-refractivity contribution in [3.63, 3.8) is 0 Å². The molecule has 0 amide bonds. The van der Waals surface area contributed by atoms with Crippen LogP contribution in [0.4, 0.5) is 0 Å². The number of aliphatic imine (C=N–C) groups is 1. The Kier molecular flexibility index (Phi) is 2.24. The average molecular weight is 185 g/mol. The molecule has 2 bridgehead atoms. The van der Waals surface area contributed by atoms with Crippen LogP contribution in [0.3, 0.4) is 0 Å². The highest BCUT2D eigenvalue weighted by Gasteiger charge is 2.12. The molecule has 0 aliphatic carbocycles. The fraction of sp³-hybridized carbons (Fsp3) is 0.308. The molecule has 2 rings (SSSR count). The van der Waals surface area contributed by atoms with Gasteiger partial charge in [0.05, 0.1) is 6.04 Å². The molecule has 0 unspecified atom stereocenters. The Morgan fingerprint density at radius 1 is 1.50 bits per heavy atom. The SMILES string of the molecule is C=Cc1c2cc(C)cc1C[C@H](C)N=C2. The normalized spacial score (nSPS) is 19.1. The monoisotopic (exact) mass is 185 g/mol. The van der Waals surface area contributed by atoms with E-state index >= 15 is 0 Å². The predicted molar refractivity (Wildman–Crippen MR) is 62.0 cm³/mol. The van der Waals surface area contributed by atoms with E-state index in [1.54, 1.807) is 0 Å². The number of hydrogen-bond acceptors (Lipinski definition) is 1. The standard InChI is InChI=1S/C13H15N/c1-4-13-11-5-9(2)6-12(13)8-14-10(3)7-11/h4-6,8,10H,1,7H2,2-3H3/t10-/m0/s1. The number of hydrogen-bond donors (Lipinski definition) is 0. The molecular weight excluding hydrogens is 170 g/mol. The Morgan fingerprint density at radius 2 is 2.29 bits per heavy atom. The molecule has 1 aromatic rings. The number of nitrogens with zero attached hydrogens (tertiary/aromatic N) is 1. The third kappa shape index (κ3) is 1.50. The Morgan fingerprint density at radius 3 is 3.00 bits per heavy atom. The highest BCUT2D eigenvalue weighted by Crippen LogP contribution is 2.22. The van der Waals surface area contributed by atoms with Gasteiger partial charge in [-0.1, -0.05) is 24.3 Å². The van der Waals surface area contributed by atoms with E-state index in [1.165, 1.54) is 22.3 Å². The molecule has 1 heterocycles. The van der Waals surface area contributed by atoms with Crippen molar-refractivity contribution in [3.05, 3.63) is 41.0 Å². The van der Waals surface area contributed by atoms with Gasteiger partial charge in [-0.05, 0) is 37.5 Å². The predicted octanol–water partition coefficient (Wildman–Crippen LogP) is 3.00. The second-order valence-corrected chi connectivity index (χ2v) is 3.96. The lowest BCUT2D eigenvalue weighted by Crippen LogP contribution is -2.02. The van der Waals surface area contributed by atoms with Crippen LogP contribution in [0, 0.1) is 6.92 Å². The van der Waals surface area contributed by atoms with Crippen molar-refractivity contribution in [2.75, 3.05) is 0 Å². The molecule has 1 aliphatic rings. The minimum absolute atomic E-state index is 0.382. The van der Waals surface area contributed by atoms with E-state index in [4.69, 9.17) is 0 Å². The molecule has 0 radical (unpaired) electrons. The van der Waals surface area contributed by atoms with Crippen LogP contribution in [0.25, 0.3) is 6.08 Å². The van der Waals surface area contributed by atoms with E-state index < -0.39 is 0 Å². The Bertz CT molecular complexity index is 402. The maximum atomic E-state index is 4.48. The number of fused-ring (bicyclic) bond motifs is 2. The van der Waals surface area contributed by atoms with Crippen molar-refractivity contribution in [3.8, 4) is 0 Å². The van der Waals surface area contributed by atoms with Crippen LogP contribution in [0.5, 0.6) is 0 Å². The van der Waals surface area contributed by atoms with Gasteiger partial charge in [0.1, 0.15) is 0 Å². The molecule has 0 fully saturated rings. The van der Waals surface area contributed by atoms with Crippen LogP contribution in [0.15, 0.2) is 23.7 Å². The highest BCUT2D eigenvalue weighted by molar-refractivity contribution is 5.87. The summed E-state index contributed by atoms with van der Waals surface area (Å²) in [4.78, 5) is 4.48. The quantitative estimate of drug-likeness (QED) is 0.637. The van der Waals surface area contributed by atoms with Crippen molar-refractivity contribution < 1.29 is 0 Å². The molecular formula is C13H15N.